The molecule has 0 spiro atoms. The quantitative estimate of drug-likeness (QED) is 0.921. The van der Waals surface area contributed by atoms with Crippen molar-refractivity contribution in [2.75, 3.05) is 36.4 Å². The van der Waals surface area contributed by atoms with Crippen molar-refractivity contribution in [1.29, 1.82) is 0 Å². The van der Waals surface area contributed by atoms with Crippen molar-refractivity contribution in [3.63, 3.8) is 0 Å². The Labute approximate surface area is 127 Å². The van der Waals surface area contributed by atoms with Gasteiger partial charge in [0.05, 0.1) is 0 Å². The van der Waals surface area contributed by atoms with Gasteiger partial charge >= 0.3 is 0 Å². The molecule has 2 aliphatic rings. The average Bonchev–Trinajstić information content (AvgIpc) is 2.42. The normalized spacial score (nSPS) is 20.7. The van der Waals surface area contributed by atoms with Gasteiger partial charge in [0.2, 0.25) is 5.95 Å². The Kier molecular flexibility index (Phi) is 4.29. The summed E-state index contributed by atoms with van der Waals surface area (Å²) in [6.45, 7) is 10.8. The lowest BCUT2D eigenvalue weighted by Crippen LogP contribution is -2.49. The van der Waals surface area contributed by atoms with Gasteiger partial charge in [-0.15, -0.1) is 0 Å². The van der Waals surface area contributed by atoms with Crippen molar-refractivity contribution in [3.05, 3.63) is 11.8 Å². The standard InChI is InChI=1S/C16H27N5/c1-12(2)20-7-9-21(10-8-20)16-17-13(3)11-15(19-16)18-14-5-4-6-14/h11-12,14H,4-10H2,1-3H3,(H,17,18,19). The molecule has 3 rings (SSSR count). The first-order valence-electron chi connectivity index (χ1n) is 8.23. The van der Waals surface area contributed by atoms with E-state index in [-0.39, 0.29) is 0 Å². The number of nitrogens with one attached hydrogen (secondary N) is 1. The van der Waals surface area contributed by atoms with E-state index in [1.807, 2.05) is 0 Å². The Bertz CT molecular complexity index is 476. The molecule has 1 aliphatic heterocycles. The summed E-state index contributed by atoms with van der Waals surface area (Å²) in [6.07, 6.45) is 3.88. The van der Waals surface area contributed by atoms with Crippen LogP contribution in [0, 0.1) is 6.92 Å². The monoisotopic (exact) mass is 289 g/mol. The number of aromatic nitrogens is 2. The first-order chi connectivity index (χ1) is 10.1. The highest BCUT2D eigenvalue weighted by Crippen LogP contribution is 2.24. The summed E-state index contributed by atoms with van der Waals surface area (Å²) in [4.78, 5) is 14.2. The third kappa shape index (κ3) is 3.46. The molecule has 1 aliphatic carbocycles. The molecular formula is C16H27N5. The molecule has 21 heavy (non-hydrogen) atoms. The highest BCUT2D eigenvalue weighted by atomic mass is 15.3. The third-order valence-corrected chi connectivity index (χ3v) is 4.63. The number of hydrogen-bond donors (Lipinski definition) is 1. The summed E-state index contributed by atoms with van der Waals surface area (Å²) in [5, 5.41) is 3.54. The third-order valence-electron chi connectivity index (χ3n) is 4.63. The van der Waals surface area contributed by atoms with Gasteiger partial charge in [-0.3, -0.25) is 4.90 Å². The van der Waals surface area contributed by atoms with Gasteiger partial charge in [-0.25, -0.2) is 4.98 Å². The second kappa shape index (κ2) is 6.18. The number of piperazine rings is 1. The zero-order valence-electron chi connectivity index (χ0n) is 13.5. The Morgan fingerprint density at radius 1 is 1.14 bits per heavy atom. The molecule has 0 amide bonds. The molecule has 0 bridgehead atoms. The predicted molar refractivity (Wildman–Crippen MR) is 87.0 cm³/mol. The van der Waals surface area contributed by atoms with E-state index in [1.165, 1.54) is 19.3 Å². The molecule has 1 N–H and O–H groups in total. The van der Waals surface area contributed by atoms with Crippen LogP contribution in [0.2, 0.25) is 0 Å². The van der Waals surface area contributed by atoms with E-state index in [0.717, 1.165) is 43.6 Å². The van der Waals surface area contributed by atoms with Crippen molar-refractivity contribution < 1.29 is 0 Å². The molecule has 1 saturated heterocycles. The van der Waals surface area contributed by atoms with Gasteiger partial charge in [0.25, 0.3) is 0 Å². The van der Waals surface area contributed by atoms with E-state index < -0.39 is 0 Å². The number of aryl methyl sites for hydroxylation is 1. The summed E-state index contributed by atoms with van der Waals surface area (Å²) in [7, 11) is 0. The fourth-order valence-electron chi connectivity index (χ4n) is 2.97. The fourth-order valence-corrected chi connectivity index (χ4v) is 2.97. The van der Waals surface area contributed by atoms with Crippen LogP contribution in [-0.4, -0.2) is 53.1 Å². The first kappa shape index (κ1) is 14.6. The van der Waals surface area contributed by atoms with Gasteiger partial charge in [-0.05, 0) is 40.0 Å². The van der Waals surface area contributed by atoms with Crippen LogP contribution in [0.25, 0.3) is 0 Å². The van der Waals surface area contributed by atoms with Crippen molar-refractivity contribution in [3.8, 4) is 0 Å². The maximum atomic E-state index is 4.73. The van der Waals surface area contributed by atoms with E-state index in [4.69, 9.17) is 4.98 Å². The molecule has 0 aromatic carbocycles. The van der Waals surface area contributed by atoms with E-state index in [1.54, 1.807) is 0 Å². The van der Waals surface area contributed by atoms with Crippen LogP contribution in [0.5, 0.6) is 0 Å². The van der Waals surface area contributed by atoms with Crippen molar-refractivity contribution in [2.24, 2.45) is 0 Å². The number of rotatable bonds is 4. The zero-order chi connectivity index (χ0) is 14.8. The maximum absolute atomic E-state index is 4.73. The van der Waals surface area contributed by atoms with Crippen molar-refractivity contribution in [1.82, 2.24) is 14.9 Å². The SMILES string of the molecule is Cc1cc(NC2CCC2)nc(N2CCN(C(C)C)CC2)n1. The highest BCUT2D eigenvalue weighted by molar-refractivity contribution is 5.44. The molecule has 1 aromatic rings. The zero-order valence-corrected chi connectivity index (χ0v) is 13.5. The molecule has 1 saturated carbocycles. The van der Waals surface area contributed by atoms with Crippen molar-refractivity contribution >= 4 is 11.8 Å². The van der Waals surface area contributed by atoms with Crippen LogP contribution in [0.15, 0.2) is 6.07 Å². The maximum Gasteiger partial charge on any atom is 0.227 e. The summed E-state index contributed by atoms with van der Waals surface area (Å²) in [5.41, 5.74) is 1.05. The minimum absolute atomic E-state index is 0.616. The minimum atomic E-state index is 0.616. The lowest BCUT2D eigenvalue weighted by atomic mass is 9.93. The molecule has 0 radical (unpaired) electrons. The summed E-state index contributed by atoms with van der Waals surface area (Å²) >= 11 is 0. The van der Waals surface area contributed by atoms with Gasteiger partial charge in [0, 0.05) is 50.0 Å². The second-order valence-corrected chi connectivity index (χ2v) is 6.58. The van der Waals surface area contributed by atoms with Crippen LogP contribution < -0.4 is 10.2 Å². The molecule has 5 heteroatoms. The Hall–Kier alpha value is -1.36. The van der Waals surface area contributed by atoms with Crippen LogP contribution in [0.1, 0.15) is 38.8 Å². The van der Waals surface area contributed by atoms with E-state index in [2.05, 4.69) is 46.9 Å². The Morgan fingerprint density at radius 3 is 2.43 bits per heavy atom. The van der Waals surface area contributed by atoms with Crippen LogP contribution in [0.3, 0.4) is 0 Å². The predicted octanol–water partition coefficient (Wildman–Crippen LogP) is 2.28. The first-order valence-corrected chi connectivity index (χ1v) is 8.23. The van der Waals surface area contributed by atoms with E-state index in [9.17, 15) is 0 Å². The number of nitrogens with zero attached hydrogens (tertiary/aromatic N) is 4. The summed E-state index contributed by atoms with van der Waals surface area (Å²) in [6, 6.07) is 3.30. The van der Waals surface area contributed by atoms with Gasteiger partial charge in [0.15, 0.2) is 0 Å². The van der Waals surface area contributed by atoms with Gasteiger partial charge in [0.1, 0.15) is 5.82 Å². The molecule has 5 nitrogen and oxygen atoms in total. The van der Waals surface area contributed by atoms with Crippen LogP contribution in [-0.2, 0) is 0 Å². The van der Waals surface area contributed by atoms with E-state index in [0.29, 0.717) is 12.1 Å². The van der Waals surface area contributed by atoms with Crippen LogP contribution in [0.4, 0.5) is 11.8 Å². The molecule has 2 heterocycles. The highest BCUT2D eigenvalue weighted by Gasteiger charge is 2.22. The molecule has 116 valence electrons. The van der Waals surface area contributed by atoms with Crippen LogP contribution >= 0.6 is 0 Å². The van der Waals surface area contributed by atoms with Gasteiger partial charge in [-0.2, -0.15) is 4.98 Å². The number of anilines is 2. The van der Waals surface area contributed by atoms with Gasteiger partial charge in [-0.1, -0.05) is 0 Å². The molecule has 2 fully saturated rings. The largest absolute Gasteiger partial charge is 0.367 e. The van der Waals surface area contributed by atoms with Crippen molar-refractivity contribution in [2.45, 2.75) is 52.1 Å². The Morgan fingerprint density at radius 2 is 1.86 bits per heavy atom. The lowest BCUT2D eigenvalue weighted by molar-refractivity contribution is 0.208. The fraction of sp³-hybridized carbons (Fsp3) is 0.750. The minimum Gasteiger partial charge on any atom is -0.367 e. The number of hydrogen-bond acceptors (Lipinski definition) is 5. The summed E-state index contributed by atoms with van der Waals surface area (Å²) < 4.78 is 0. The molecular weight excluding hydrogens is 262 g/mol. The smallest absolute Gasteiger partial charge is 0.227 e. The van der Waals surface area contributed by atoms with E-state index >= 15 is 0 Å². The lowest BCUT2D eigenvalue weighted by Gasteiger charge is -2.37. The molecule has 0 atom stereocenters. The summed E-state index contributed by atoms with van der Waals surface area (Å²) in [5.74, 6) is 1.88. The molecule has 0 unspecified atom stereocenters. The topological polar surface area (TPSA) is 44.3 Å². The average molecular weight is 289 g/mol. The Balaban J connectivity index is 1.67. The second-order valence-electron chi connectivity index (χ2n) is 6.58. The van der Waals surface area contributed by atoms with Gasteiger partial charge < -0.3 is 10.2 Å². The molecule has 1 aromatic heterocycles.